The van der Waals surface area contributed by atoms with Gasteiger partial charge in [-0.3, -0.25) is 9.97 Å². The topological polar surface area (TPSA) is 187 Å². The average Bonchev–Trinajstić information content (AvgIpc) is 3.52. The SMILES string of the molecule is N#CC(C#N)=C1C(c2ccc(OC(F)(F)F)cn2)=C(C#N)c2cc3c(cc21)C(=C(C#N)C#N)C(c1ccc(OC(F)(F)F)cn1)=C3C#N. The summed E-state index contributed by atoms with van der Waals surface area (Å²) in [5.74, 6) is -1.38. The molecule has 0 radical (unpaired) electrons. The van der Waals surface area contributed by atoms with Gasteiger partial charge < -0.3 is 9.47 Å². The summed E-state index contributed by atoms with van der Waals surface area (Å²) < 4.78 is 84.0. The summed E-state index contributed by atoms with van der Waals surface area (Å²) in [5, 5.41) is 59.9. The zero-order valence-electron chi connectivity index (χ0n) is 23.3. The fourth-order valence-electron chi connectivity index (χ4n) is 5.20. The van der Waals surface area contributed by atoms with Crippen molar-refractivity contribution in [3.63, 3.8) is 0 Å². The van der Waals surface area contributed by atoms with Gasteiger partial charge in [-0.05, 0) is 47.5 Å². The molecule has 0 amide bonds. The first-order chi connectivity index (χ1) is 22.8. The summed E-state index contributed by atoms with van der Waals surface area (Å²) in [7, 11) is 0. The number of alkyl halides is 6. The van der Waals surface area contributed by atoms with Crippen molar-refractivity contribution in [2.75, 3.05) is 0 Å². The van der Waals surface area contributed by atoms with Gasteiger partial charge in [-0.1, -0.05) is 0 Å². The fourth-order valence-corrected chi connectivity index (χ4v) is 5.20. The van der Waals surface area contributed by atoms with Crippen molar-refractivity contribution in [3.05, 3.63) is 93.6 Å². The van der Waals surface area contributed by atoms with Gasteiger partial charge in [0, 0.05) is 33.4 Å². The van der Waals surface area contributed by atoms with E-state index in [1.54, 1.807) is 24.3 Å². The molecular formula is C32H8F6N8O2. The number of hydrogen-bond donors (Lipinski definition) is 0. The van der Waals surface area contributed by atoms with Gasteiger partial charge in [0.2, 0.25) is 0 Å². The Hall–Kier alpha value is -7.40. The van der Waals surface area contributed by atoms with Gasteiger partial charge in [-0.2, -0.15) is 31.6 Å². The number of fused-ring (bicyclic) bond motifs is 2. The summed E-state index contributed by atoms with van der Waals surface area (Å²) in [6.07, 6.45) is -8.61. The largest absolute Gasteiger partial charge is 0.573 e. The first-order valence-electron chi connectivity index (χ1n) is 12.8. The van der Waals surface area contributed by atoms with E-state index in [2.05, 4.69) is 19.4 Å². The molecule has 0 aliphatic heterocycles. The highest BCUT2D eigenvalue weighted by Crippen LogP contribution is 2.54. The van der Waals surface area contributed by atoms with Crippen LogP contribution in [0.5, 0.6) is 11.5 Å². The molecule has 2 aliphatic rings. The molecule has 0 atom stereocenters. The molecule has 16 heteroatoms. The Bertz CT molecular complexity index is 2110. The lowest BCUT2D eigenvalue weighted by atomic mass is 9.90. The molecule has 0 fully saturated rings. The number of hydrogen-bond acceptors (Lipinski definition) is 10. The van der Waals surface area contributed by atoms with Crippen LogP contribution < -0.4 is 9.47 Å². The minimum atomic E-state index is -5.03. The number of benzene rings is 1. The van der Waals surface area contributed by atoms with E-state index in [1.165, 1.54) is 12.1 Å². The first kappa shape index (κ1) is 32.0. The molecule has 0 saturated carbocycles. The molecule has 1 aromatic carbocycles. The van der Waals surface area contributed by atoms with E-state index in [-0.39, 0.29) is 67.1 Å². The van der Waals surface area contributed by atoms with Crippen LogP contribution in [0.2, 0.25) is 0 Å². The molecule has 5 rings (SSSR count). The molecule has 2 heterocycles. The number of rotatable bonds is 4. The van der Waals surface area contributed by atoms with Gasteiger partial charge in [0.25, 0.3) is 0 Å². The van der Waals surface area contributed by atoms with E-state index in [0.717, 1.165) is 36.7 Å². The molecule has 3 aromatic rings. The van der Waals surface area contributed by atoms with Crippen molar-refractivity contribution in [2.45, 2.75) is 12.7 Å². The molecule has 10 nitrogen and oxygen atoms in total. The Morgan fingerprint density at radius 1 is 0.542 bits per heavy atom. The fraction of sp³-hybridized carbons (Fsp3) is 0.0625. The average molecular weight is 650 g/mol. The lowest BCUT2D eigenvalue weighted by Crippen LogP contribution is -2.17. The summed E-state index contributed by atoms with van der Waals surface area (Å²) in [4.78, 5) is 7.91. The van der Waals surface area contributed by atoms with Crippen LogP contribution >= 0.6 is 0 Å². The predicted molar refractivity (Wildman–Crippen MR) is 149 cm³/mol. The molecule has 48 heavy (non-hydrogen) atoms. The van der Waals surface area contributed by atoms with Gasteiger partial charge in [-0.25, -0.2) is 0 Å². The Balaban J connectivity index is 1.79. The van der Waals surface area contributed by atoms with Gasteiger partial charge in [0.05, 0.1) is 34.9 Å². The maximum atomic E-state index is 12.7. The van der Waals surface area contributed by atoms with Crippen molar-refractivity contribution in [1.29, 1.82) is 31.6 Å². The minimum absolute atomic E-state index is 0.0453. The second-order valence-corrected chi connectivity index (χ2v) is 9.47. The third-order valence-corrected chi connectivity index (χ3v) is 6.86. The number of aromatic nitrogens is 2. The quantitative estimate of drug-likeness (QED) is 0.215. The number of ether oxygens (including phenoxy) is 2. The van der Waals surface area contributed by atoms with Crippen molar-refractivity contribution < 1.29 is 35.8 Å². The van der Waals surface area contributed by atoms with Crippen LogP contribution in [0.1, 0.15) is 33.6 Å². The van der Waals surface area contributed by atoms with Crippen LogP contribution in [0.4, 0.5) is 26.3 Å². The van der Waals surface area contributed by atoms with Crippen LogP contribution in [0.15, 0.2) is 59.9 Å². The van der Waals surface area contributed by atoms with Gasteiger partial charge in [-0.15, -0.1) is 26.3 Å². The van der Waals surface area contributed by atoms with E-state index >= 15 is 0 Å². The summed E-state index contributed by atoms with van der Waals surface area (Å²) in [6.45, 7) is 0. The third-order valence-electron chi connectivity index (χ3n) is 6.86. The van der Waals surface area contributed by atoms with Gasteiger partial charge in [0.1, 0.15) is 59.1 Å². The zero-order chi connectivity index (χ0) is 35.0. The Labute approximate surface area is 265 Å². The highest BCUT2D eigenvalue weighted by molar-refractivity contribution is 6.29. The first-order valence-corrected chi connectivity index (χ1v) is 12.8. The van der Waals surface area contributed by atoms with Crippen molar-refractivity contribution in [3.8, 4) is 47.9 Å². The van der Waals surface area contributed by atoms with E-state index < -0.39 is 35.4 Å². The number of halogens is 6. The highest BCUT2D eigenvalue weighted by Gasteiger charge is 2.38. The maximum absolute atomic E-state index is 12.7. The van der Waals surface area contributed by atoms with Crippen LogP contribution in [-0.4, -0.2) is 22.7 Å². The van der Waals surface area contributed by atoms with Crippen molar-refractivity contribution in [2.24, 2.45) is 0 Å². The Morgan fingerprint density at radius 2 is 0.896 bits per heavy atom. The maximum Gasteiger partial charge on any atom is 0.573 e. The van der Waals surface area contributed by atoms with Crippen LogP contribution in [0.25, 0.3) is 33.4 Å². The van der Waals surface area contributed by atoms with E-state index in [9.17, 15) is 57.9 Å². The number of allylic oxidation sites excluding steroid dienone is 8. The number of nitrogens with zero attached hydrogens (tertiary/aromatic N) is 8. The second-order valence-electron chi connectivity index (χ2n) is 9.47. The Morgan fingerprint density at radius 3 is 1.17 bits per heavy atom. The molecular weight excluding hydrogens is 642 g/mol. The van der Waals surface area contributed by atoms with E-state index in [4.69, 9.17) is 0 Å². The molecule has 0 saturated heterocycles. The van der Waals surface area contributed by atoms with Crippen molar-refractivity contribution >= 4 is 33.4 Å². The third kappa shape index (κ3) is 5.61. The van der Waals surface area contributed by atoms with Crippen LogP contribution in [0.3, 0.4) is 0 Å². The number of nitriles is 6. The second kappa shape index (κ2) is 11.8. The van der Waals surface area contributed by atoms with Gasteiger partial charge >= 0.3 is 12.7 Å². The molecule has 0 bridgehead atoms. The van der Waals surface area contributed by atoms with Crippen molar-refractivity contribution in [1.82, 2.24) is 9.97 Å². The molecule has 230 valence electrons. The standard InChI is InChI=1S/C32H8F6N8O2/c33-31(34,35)47-17-1-3-25(45-13-17)29-23(11-43)19-5-20-22(6-21(19)27(29)15(7-39)8-40)28(16(9-41)10-42)30(24(20)12-44)26-4-2-18(14-46-26)48-32(36,37)38/h1-6,13-14H. The summed E-state index contributed by atoms with van der Waals surface area (Å²) in [5.41, 5.74) is -1.99. The zero-order valence-corrected chi connectivity index (χ0v) is 23.3. The molecule has 2 aromatic heterocycles. The van der Waals surface area contributed by atoms with Crippen LogP contribution in [0, 0.1) is 68.0 Å². The predicted octanol–water partition coefficient (Wildman–Crippen LogP) is 6.77. The lowest BCUT2D eigenvalue weighted by Gasteiger charge is -2.12. The molecule has 2 aliphatic carbocycles. The van der Waals surface area contributed by atoms with Crippen LogP contribution in [-0.2, 0) is 0 Å². The molecule has 0 unspecified atom stereocenters. The monoisotopic (exact) mass is 650 g/mol. The van der Waals surface area contributed by atoms with Gasteiger partial charge in [0.15, 0.2) is 0 Å². The summed E-state index contributed by atoms with van der Waals surface area (Å²) in [6, 6.07) is 17.3. The molecule has 0 spiro atoms. The normalized spacial score (nSPS) is 13.2. The lowest BCUT2D eigenvalue weighted by molar-refractivity contribution is -0.275. The molecule has 0 N–H and O–H groups in total. The Kier molecular flexibility index (Phi) is 7.89. The highest BCUT2D eigenvalue weighted by atomic mass is 19.4. The minimum Gasteiger partial charge on any atom is -0.404 e. The smallest absolute Gasteiger partial charge is 0.404 e. The van der Waals surface area contributed by atoms with E-state index in [1.807, 2.05) is 12.1 Å². The number of pyridine rings is 2. The van der Waals surface area contributed by atoms with E-state index in [0.29, 0.717) is 0 Å². The summed E-state index contributed by atoms with van der Waals surface area (Å²) >= 11 is 0.